The zero-order chi connectivity index (χ0) is 25.9. The van der Waals surface area contributed by atoms with Crippen molar-refractivity contribution in [1.82, 2.24) is 0 Å². The summed E-state index contributed by atoms with van der Waals surface area (Å²) >= 11 is 0. The lowest BCUT2D eigenvalue weighted by atomic mass is 9.95. The van der Waals surface area contributed by atoms with E-state index in [1.54, 1.807) is 73.8 Å². The number of hydrogen-bond acceptors (Lipinski definition) is 7. The Hall–Kier alpha value is -4.46. The Kier molecular flexibility index (Phi) is 6.72. The topological polar surface area (TPSA) is 94.5 Å². The number of amides is 1. The minimum absolute atomic E-state index is 0.0141. The molecule has 1 N–H and O–H groups in total. The Labute approximate surface area is 214 Å². The Bertz CT molecular complexity index is 1350. The summed E-state index contributed by atoms with van der Waals surface area (Å²) in [4.78, 5) is 28.2. The standard InChI is InChI=1S/C29H27NO7/c1-3-14-35-22-9-4-18(5-10-22)26-25(27(31)19-6-13-23-24(17-19)37-16-15-36-23)28(32)29(33)30(26)20-7-11-21(34-2)12-8-20/h4-13,17,26,31H,3,14-16H2,1-2H3/b27-25-. The Morgan fingerprint density at radius 3 is 2.30 bits per heavy atom. The van der Waals surface area contributed by atoms with Gasteiger partial charge in [0, 0.05) is 11.3 Å². The summed E-state index contributed by atoms with van der Waals surface area (Å²) in [5.74, 6) is 0.515. The van der Waals surface area contributed by atoms with Crippen LogP contribution >= 0.6 is 0 Å². The molecule has 2 aliphatic heterocycles. The minimum atomic E-state index is -0.859. The Morgan fingerprint density at radius 1 is 0.946 bits per heavy atom. The molecule has 1 atom stereocenters. The van der Waals surface area contributed by atoms with Gasteiger partial charge >= 0.3 is 0 Å². The van der Waals surface area contributed by atoms with Crippen LogP contribution in [0.15, 0.2) is 72.3 Å². The molecule has 8 nitrogen and oxygen atoms in total. The van der Waals surface area contributed by atoms with E-state index in [0.29, 0.717) is 59.6 Å². The smallest absolute Gasteiger partial charge is 0.300 e. The molecule has 2 aliphatic rings. The van der Waals surface area contributed by atoms with Crippen LogP contribution in [0, 0.1) is 0 Å². The van der Waals surface area contributed by atoms with Crippen LogP contribution in [0.1, 0.15) is 30.5 Å². The number of Topliss-reactive ketones (excluding diaryl/α,β-unsaturated/α-hetero) is 1. The fraction of sp³-hybridized carbons (Fsp3) is 0.241. The quantitative estimate of drug-likeness (QED) is 0.280. The van der Waals surface area contributed by atoms with Crippen molar-refractivity contribution in [1.29, 1.82) is 0 Å². The molecule has 0 aromatic heterocycles. The highest BCUT2D eigenvalue weighted by molar-refractivity contribution is 6.51. The molecule has 0 bridgehead atoms. The number of methoxy groups -OCH3 is 1. The highest BCUT2D eigenvalue weighted by atomic mass is 16.6. The van der Waals surface area contributed by atoms with Crippen LogP contribution < -0.4 is 23.8 Å². The maximum absolute atomic E-state index is 13.4. The second-order valence-corrected chi connectivity index (χ2v) is 8.64. The van der Waals surface area contributed by atoms with Crippen molar-refractivity contribution in [3.8, 4) is 23.0 Å². The lowest BCUT2D eigenvalue weighted by Gasteiger charge is -2.26. The summed E-state index contributed by atoms with van der Waals surface area (Å²) < 4.78 is 22.2. The number of benzene rings is 3. The van der Waals surface area contributed by atoms with Crippen LogP contribution in [0.3, 0.4) is 0 Å². The maximum Gasteiger partial charge on any atom is 0.300 e. The highest BCUT2D eigenvalue weighted by Crippen LogP contribution is 2.43. The third-order valence-electron chi connectivity index (χ3n) is 6.28. The van der Waals surface area contributed by atoms with Gasteiger partial charge in [-0.3, -0.25) is 14.5 Å². The van der Waals surface area contributed by atoms with Crippen molar-refractivity contribution < 1.29 is 33.6 Å². The maximum atomic E-state index is 13.4. The molecule has 190 valence electrons. The second-order valence-electron chi connectivity index (χ2n) is 8.64. The minimum Gasteiger partial charge on any atom is -0.507 e. The highest BCUT2D eigenvalue weighted by Gasteiger charge is 2.47. The van der Waals surface area contributed by atoms with Gasteiger partial charge < -0.3 is 24.1 Å². The van der Waals surface area contributed by atoms with Crippen molar-refractivity contribution in [2.45, 2.75) is 19.4 Å². The third-order valence-corrected chi connectivity index (χ3v) is 6.28. The fourth-order valence-electron chi connectivity index (χ4n) is 4.47. The van der Waals surface area contributed by atoms with Crippen LogP contribution in [-0.4, -0.2) is 43.7 Å². The molecule has 1 fully saturated rings. The van der Waals surface area contributed by atoms with Gasteiger partial charge in [0.1, 0.15) is 30.5 Å². The van der Waals surface area contributed by atoms with Crippen molar-refractivity contribution in [3.05, 3.63) is 83.4 Å². The number of carbonyl (C=O) groups is 2. The van der Waals surface area contributed by atoms with E-state index in [-0.39, 0.29) is 11.3 Å². The molecule has 2 heterocycles. The molecule has 8 heteroatoms. The summed E-state index contributed by atoms with van der Waals surface area (Å²) in [5.41, 5.74) is 1.49. The van der Waals surface area contributed by atoms with Gasteiger partial charge in [-0.1, -0.05) is 19.1 Å². The molecular weight excluding hydrogens is 474 g/mol. The SMILES string of the molecule is CCCOc1ccc(C2/C(=C(/O)c3ccc4c(c3)OCCO4)C(=O)C(=O)N2c2ccc(OC)cc2)cc1. The zero-order valence-corrected chi connectivity index (χ0v) is 20.6. The van der Waals surface area contributed by atoms with E-state index in [2.05, 4.69) is 0 Å². The number of ketones is 1. The van der Waals surface area contributed by atoms with Crippen LogP contribution in [0.5, 0.6) is 23.0 Å². The van der Waals surface area contributed by atoms with Gasteiger partial charge in [-0.2, -0.15) is 0 Å². The summed E-state index contributed by atoms with van der Waals surface area (Å²) in [7, 11) is 1.55. The summed E-state index contributed by atoms with van der Waals surface area (Å²) in [6.45, 7) is 3.41. The summed E-state index contributed by atoms with van der Waals surface area (Å²) in [5, 5.41) is 11.4. The van der Waals surface area contributed by atoms with Gasteiger partial charge in [-0.25, -0.2) is 0 Å². The molecule has 1 unspecified atom stereocenters. The monoisotopic (exact) mass is 501 g/mol. The van der Waals surface area contributed by atoms with Crippen LogP contribution in [0.25, 0.3) is 5.76 Å². The predicted octanol–water partition coefficient (Wildman–Crippen LogP) is 4.88. The van der Waals surface area contributed by atoms with E-state index < -0.39 is 17.7 Å². The molecule has 3 aromatic carbocycles. The van der Waals surface area contributed by atoms with E-state index >= 15 is 0 Å². The normalized spacial score (nSPS) is 18.1. The average Bonchev–Trinajstić information content (AvgIpc) is 3.21. The van der Waals surface area contributed by atoms with Crippen LogP contribution in [0.2, 0.25) is 0 Å². The van der Waals surface area contributed by atoms with E-state index in [0.717, 1.165) is 6.42 Å². The second kappa shape index (κ2) is 10.3. The lowest BCUT2D eigenvalue weighted by molar-refractivity contribution is -0.132. The first-order valence-electron chi connectivity index (χ1n) is 12.1. The summed E-state index contributed by atoms with van der Waals surface area (Å²) in [6, 6.07) is 18.1. The number of nitrogens with zero attached hydrogens (tertiary/aromatic N) is 1. The first-order chi connectivity index (χ1) is 18.0. The predicted molar refractivity (Wildman–Crippen MR) is 137 cm³/mol. The Balaban J connectivity index is 1.63. The molecule has 0 aliphatic carbocycles. The van der Waals surface area contributed by atoms with Crippen LogP contribution in [0.4, 0.5) is 5.69 Å². The van der Waals surface area contributed by atoms with Crippen molar-refractivity contribution in [2.24, 2.45) is 0 Å². The number of aliphatic hydroxyl groups excluding tert-OH is 1. The van der Waals surface area contributed by atoms with Gasteiger partial charge in [0.2, 0.25) is 0 Å². The van der Waals surface area contributed by atoms with Gasteiger partial charge in [-0.05, 0) is 66.6 Å². The number of fused-ring (bicyclic) bond motifs is 1. The molecule has 3 aromatic rings. The molecule has 0 radical (unpaired) electrons. The van der Waals surface area contributed by atoms with Crippen molar-refractivity contribution in [2.75, 3.05) is 31.8 Å². The van der Waals surface area contributed by atoms with Gasteiger partial charge in [0.25, 0.3) is 11.7 Å². The van der Waals surface area contributed by atoms with E-state index in [1.165, 1.54) is 4.90 Å². The van der Waals surface area contributed by atoms with Gasteiger partial charge in [0.15, 0.2) is 11.5 Å². The number of ether oxygens (including phenoxy) is 4. The lowest BCUT2D eigenvalue weighted by Crippen LogP contribution is -2.29. The largest absolute Gasteiger partial charge is 0.507 e. The van der Waals surface area contributed by atoms with E-state index in [9.17, 15) is 14.7 Å². The number of carbonyl (C=O) groups excluding carboxylic acids is 2. The molecule has 5 rings (SSSR count). The summed E-state index contributed by atoms with van der Waals surface area (Å²) in [6.07, 6.45) is 0.870. The Morgan fingerprint density at radius 2 is 1.62 bits per heavy atom. The average molecular weight is 502 g/mol. The van der Waals surface area contributed by atoms with Crippen molar-refractivity contribution in [3.63, 3.8) is 0 Å². The van der Waals surface area contributed by atoms with E-state index in [4.69, 9.17) is 18.9 Å². The molecular formula is C29H27NO7. The number of rotatable bonds is 7. The number of aliphatic hydroxyl groups is 1. The first-order valence-corrected chi connectivity index (χ1v) is 12.1. The number of anilines is 1. The molecule has 1 amide bonds. The van der Waals surface area contributed by atoms with Gasteiger partial charge in [-0.15, -0.1) is 0 Å². The zero-order valence-electron chi connectivity index (χ0n) is 20.6. The third kappa shape index (κ3) is 4.58. The van der Waals surface area contributed by atoms with E-state index in [1.807, 2.05) is 6.92 Å². The number of hydrogen-bond donors (Lipinski definition) is 1. The molecule has 0 saturated carbocycles. The van der Waals surface area contributed by atoms with Crippen LogP contribution in [-0.2, 0) is 9.59 Å². The first kappa shape index (κ1) is 24.2. The van der Waals surface area contributed by atoms with Gasteiger partial charge in [0.05, 0.1) is 25.3 Å². The fourth-order valence-corrected chi connectivity index (χ4v) is 4.47. The molecule has 1 saturated heterocycles. The molecule has 37 heavy (non-hydrogen) atoms. The molecule has 0 spiro atoms. The van der Waals surface area contributed by atoms with Crippen molar-refractivity contribution >= 4 is 23.1 Å².